The van der Waals surface area contributed by atoms with Gasteiger partial charge in [-0.2, -0.15) is 13.2 Å². The second-order valence-corrected chi connectivity index (χ2v) is 5.37. The minimum Gasteiger partial charge on any atom is -0.317 e. The number of nitrogens with zero attached hydrogens (tertiary/aromatic N) is 1. The third-order valence-corrected chi connectivity index (χ3v) is 4.26. The Bertz CT molecular complexity index is 254. The fourth-order valence-corrected chi connectivity index (χ4v) is 3.09. The predicted octanol–water partition coefficient (Wildman–Crippen LogP) is 2.68. The fraction of sp³-hybridized carbons (Fsp3) is 1.00. The van der Waals surface area contributed by atoms with Crippen molar-refractivity contribution >= 4 is 12.4 Å². The smallest absolute Gasteiger partial charge is 0.317 e. The third-order valence-electron chi connectivity index (χ3n) is 4.26. The summed E-state index contributed by atoms with van der Waals surface area (Å²) in [6.45, 7) is 5.20. The Labute approximate surface area is 113 Å². The van der Waals surface area contributed by atoms with Crippen LogP contribution in [0.1, 0.15) is 26.2 Å². The summed E-state index contributed by atoms with van der Waals surface area (Å²) >= 11 is 0. The molecule has 0 saturated carbocycles. The molecule has 0 aromatic rings. The van der Waals surface area contributed by atoms with Gasteiger partial charge in [-0.25, -0.2) is 0 Å². The molecule has 0 amide bonds. The molecule has 0 bridgehead atoms. The van der Waals surface area contributed by atoms with E-state index in [1.165, 1.54) is 0 Å². The molecular formula is C12H22ClF3N2. The molecule has 2 unspecified atom stereocenters. The van der Waals surface area contributed by atoms with Crippen molar-refractivity contribution in [3.05, 3.63) is 0 Å². The summed E-state index contributed by atoms with van der Waals surface area (Å²) in [6, 6.07) is -0.343. The molecule has 6 heteroatoms. The highest BCUT2D eigenvalue weighted by atomic mass is 35.5. The van der Waals surface area contributed by atoms with Crippen molar-refractivity contribution in [2.75, 3.05) is 26.2 Å². The summed E-state index contributed by atoms with van der Waals surface area (Å²) in [7, 11) is 0. The maximum absolute atomic E-state index is 12.7. The molecule has 0 aliphatic carbocycles. The Morgan fingerprint density at radius 2 is 1.78 bits per heavy atom. The van der Waals surface area contributed by atoms with E-state index in [1.807, 2.05) is 4.90 Å². The molecule has 2 nitrogen and oxygen atoms in total. The van der Waals surface area contributed by atoms with E-state index in [1.54, 1.807) is 6.92 Å². The van der Waals surface area contributed by atoms with E-state index in [0.717, 1.165) is 32.5 Å². The highest BCUT2D eigenvalue weighted by Crippen LogP contribution is 2.38. The van der Waals surface area contributed by atoms with Crippen LogP contribution in [0.5, 0.6) is 0 Å². The molecule has 2 heterocycles. The number of hydrogen-bond acceptors (Lipinski definition) is 2. The topological polar surface area (TPSA) is 15.3 Å². The second kappa shape index (κ2) is 6.44. The molecule has 0 spiro atoms. The van der Waals surface area contributed by atoms with Crippen molar-refractivity contribution in [1.29, 1.82) is 0 Å². The van der Waals surface area contributed by atoms with E-state index in [9.17, 15) is 13.2 Å². The van der Waals surface area contributed by atoms with Crippen molar-refractivity contribution in [2.45, 2.75) is 38.4 Å². The van der Waals surface area contributed by atoms with Gasteiger partial charge in [0.1, 0.15) is 0 Å². The summed E-state index contributed by atoms with van der Waals surface area (Å²) in [5.41, 5.74) is 0. The van der Waals surface area contributed by atoms with E-state index >= 15 is 0 Å². The Hall–Kier alpha value is 0. The Morgan fingerprint density at radius 1 is 1.17 bits per heavy atom. The first kappa shape index (κ1) is 16.1. The summed E-state index contributed by atoms with van der Waals surface area (Å²) in [6.07, 6.45) is -1.56. The Kier molecular flexibility index (Phi) is 5.74. The first-order valence-corrected chi connectivity index (χ1v) is 6.50. The molecule has 1 N–H and O–H groups in total. The quantitative estimate of drug-likeness (QED) is 0.840. The Balaban J connectivity index is 0.00000162. The lowest BCUT2D eigenvalue weighted by Crippen LogP contribution is -2.41. The van der Waals surface area contributed by atoms with Gasteiger partial charge in [-0.1, -0.05) is 0 Å². The number of alkyl halides is 3. The van der Waals surface area contributed by atoms with Crippen molar-refractivity contribution in [2.24, 2.45) is 11.8 Å². The van der Waals surface area contributed by atoms with Crippen molar-refractivity contribution < 1.29 is 13.2 Å². The molecule has 18 heavy (non-hydrogen) atoms. The molecule has 2 fully saturated rings. The zero-order chi connectivity index (χ0) is 12.5. The van der Waals surface area contributed by atoms with Gasteiger partial charge < -0.3 is 5.32 Å². The minimum atomic E-state index is -4.03. The molecule has 0 aromatic carbocycles. The summed E-state index contributed by atoms with van der Waals surface area (Å²) < 4.78 is 38.2. The zero-order valence-corrected chi connectivity index (χ0v) is 11.5. The number of nitrogens with one attached hydrogen (secondary N) is 1. The van der Waals surface area contributed by atoms with Gasteiger partial charge in [0, 0.05) is 12.6 Å². The number of hydrogen-bond donors (Lipinski definition) is 1. The fourth-order valence-electron chi connectivity index (χ4n) is 3.09. The molecule has 2 saturated heterocycles. The average molecular weight is 287 g/mol. The van der Waals surface area contributed by atoms with Crippen LogP contribution in [0.2, 0.25) is 0 Å². The Morgan fingerprint density at radius 3 is 2.28 bits per heavy atom. The highest BCUT2D eigenvalue weighted by Gasteiger charge is 2.48. The van der Waals surface area contributed by atoms with Crippen molar-refractivity contribution in [1.82, 2.24) is 10.2 Å². The van der Waals surface area contributed by atoms with E-state index in [0.29, 0.717) is 12.5 Å². The lowest BCUT2D eigenvalue weighted by molar-refractivity contribution is -0.179. The van der Waals surface area contributed by atoms with Crippen LogP contribution in [0.15, 0.2) is 0 Å². The van der Waals surface area contributed by atoms with Crippen LogP contribution in [0.25, 0.3) is 0 Å². The van der Waals surface area contributed by atoms with Gasteiger partial charge in [-0.15, -0.1) is 12.4 Å². The minimum absolute atomic E-state index is 0. The van der Waals surface area contributed by atoms with Gasteiger partial charge in [-0.05, 0) is 51.7 Å². The molecule has 2 aliphatic heterocycles. The number of piperidine rings is 1. The normalized spacial score (nSPS) is 31.3. The maximum atomic E-state index is 12.7. The summed E-state index contributed by atoms with van der Waals surface area (Å²) in [5.74, 6) is -0.546. The zero-order valence-electron chi connectivity index (χ0n) is 10.7. The molecule has 0 aromatic heterocycles. The number of rotatable bonds is 2. The largest absolute Gasteiger partial charge is 0.393 e. The maximum Gasteiger partial charge on any atom is 0.393 e. The average Bonchev–Trinajstić information content (AvgIpc) is 2.61. The van der Waals surface area contributed by atoms with Crippen LogP contribution in [0.4, 0.5) is 13.2 Å². The lowest BCUT2D eigenvalue weighted by Gasteiger charge is -2.31. The third kappa shape index (κ3) is 3.75. The lowest BCUT2D eigenvalue weighted by atomic mass is 9.96. The van der Waals surface area contributed by atoms with Crippen LogP contribution in [0, 0.1) is 11.8 Å². The van der Waals surface area contributed by atoms with E-state index in [2.05, 4.69) is 5.32 Å². The van der Waals surface area contributed by atoms with Crippen molar-refractivity contribution in [3.63, 3.8) is 0 Å². The molecule has 2 atom stereocenters. The van der Waals surface area contributed by atoms with Crippen molar-refractivity contribution in [3.8, 4) is 0 Å². The highest BCUT2D eigenvalue weighted by molar-refractivity contribution is 5.85. The van der Waals surface area contributed by atoms with Gasteiger partial charge in [0.2, 0.25) is 0 Å². The van der Waals surface area contributed by atoms with Gasteiger partial charge in [-0.3, -0.25) is 4.90 Å². The monoisotopic (exact) mass is 286 g/mol. The van der Waals surface area contributed by atoms with Gasteiger partial charge in [0.05, 0.1) is 5.92 Å². The number of likely N-dealkylation sites (tertiary alicyclic amines) is 1. The second-order valence-electron chi connectivity index (χ2n) is 5.37. The van der Waals surface area contributed by atoms with Gasteiger partial charge in [0.25, 0.3) is 0 Å². The standard InChI is InChI=1S/C12H21F3N2.ClH/c1-9-11(12(13,14)15)4-7-17(9)8-10-2-5-16-6-3-10;/h9-11,16H,2-8H2,1H3;1H. The predicted molar refractivity (Wildman–Crippen MR) is 68.0 cm³/mol. The molecule has 2 aliphatic rings. The molecular weight excluding hydrogens is 265 g/mol. The first-order valence-electron chi connectivity index (χ1n) is 6.50. The molecule has 2 rings (SSSR count). The van der Waals surface area contributed by atoms with Crippen LogP contribution in [0.3, 0.4) is 0 Å². The SMILES string of the molecule is CC1C(C(F)(F)F)CCN1CC1CCNCC1.Cl. The van der Waals surface area contributed by atoms with Crippen LogP contribution >= 0.6 is 12.4 Å². The summed E-state index contributed by atoms with van der Waals surface area (Å²) in [5, 5.41) is 3.29. The van der Waals surface area contributed by atoms with E-state index in [4.69, 9.17) is 0 Å². The van der Waals surface area contributed by atoms with Gasteiger partial charge >= 0.3 is 6.18 Å². The van der Waals surface area contributed by atoms with Gasteiger partial charge in [0.15, 0.2) is 0 Å². The van der Waals surface area contributed by atoms with Crippen LogP contribution < -0.4 is 5.32 Å². The van der Waals surface area contributed by atoms with Crippen LogP contribution in [-0.4, -0.2) is 43.3 Å². The number of halogens is 4. The molecule has 108 valence electrons. The summed E-state index contributed by atoms with van der Waals surface area (Å²) in [4.78, 5) is 2.04. The van der Waals surface area contributed by atoms with E-state index < -0.39 is 12.1 Å². The van der Waals surface area contributed by atoms with Crippen LogP contribution in [-0.2, 0) is 0 Å². The van der Waals surface area contributed by atoms with E-state index in [-0.39, 0.29) is 24.9 Å². The first-order chi connectivity index (χ1) is 7.98. The molecule has 0 radical (unpaired) electrons.